The molecule has 1 aliphatic carbocycles. The smallest absolute Gasteiger partial charge is 0.0836 e. The van der Waals surface area contributed by atoms with Crippen molar-refractivity contribution in [1.82, 2.24) is 0 Å². The Morgan fingerprint density at radius 2 is 1.68 bits per heavy atom. The van der Waals surface area contributed by atoms with Crippen molar-refractivity contribution in [2.75, 3.05) is 0 Å². The van der Waals surface area contributed by atoms with Crippen molar-refractivity contribution in [1.29, 1.82) is 0 Å². The van der Waals surface area contributed by atoms with Crippen molar-refractivity contribution in [3.05, 3.63) is 35.9 Å². The molecule has 0 saturated heterocycles. The first-order valence-corrected chi connectivity index (χ1v) is 6.61. The molecule has 1 fully saturated rings. The second kappa shape index (κ2) is 8.29. The standard InChI is InChI=1S/C8H9NO.C7H13NO/c1-7(9-10)8-5-3-2-4-6-8;1-6-2-4-7(8-9)5-3-6/h2-6,10H,1H3;6,9H,2-5H2,1H3. The summed E-state index contributed by atoms with van der Waals surface area (Å²) < 4.78 is 0. The number of hydrogen-bond acceptors (Lipinski definition) is 4. The molecule has 0 unspecified atom stereocenters. The van der Waals surface area contributed by atoms with E-state index in [-0.39, 0.29) is 0 Å². The van der Waals surface area contributed by atoms with E-state index in [0.29, 0.717) is 5.71 Å². The molecule has 4 heteroatoms. The summed E-state index contributed by atoms with van der Waals surface area (Å²) in [6, 6.07) is 9.53. The van der Waals surface area contributed by atoms with Crippen LogP contribution in [0.3, 0.4) is 0 Å². The average molecular weight is 262 g/mol. The van der Waals surface area contributed by atoms with Gasteiger partial charge in [0.25, 0.3) is 0 Å². The van der Waals surface area contributed by atoms with Gasteiger partial charge in [-0.2, -0.15) is 0 Å². The molecule has 2 N–H and O–H groups in total. The van der Waals surface area contributed by atoms with E-state index < -0.39 is 0 Å². The molecule has 1 aromatic rings. The summed E-state index contributed by atoms with van der Waals surface area (Å²) in [6.07, 6.45) is 4.38. The van der Waals surface area contributed by atoms with E-state index in [9.17, 15) is 0 Å². The zero-order chi connectivity index (χ0) is 14.1. The number of hydrogen-bond donors (Lipinski definition) is 2. The number of rotatable bonds is 1. The van der Waals surface area contributed by atoms with E-state index >= 15 is 0 Å². The third kappa shape index (κ3) is 5.55. The minimum atomic E-state index is 0.639. The lowest BCUT2D eigenvalue weighted by molar-refractivity contribution is 0.311. The van der Waals surface area contributed by atoms with E-state index in [1.54, 1.807) is 6.92 Å². The fourth-order valence-corrected chi connectivity index (χ4v) is 1.93. The lowest BCUT2D eigenvalue weighted by Crippen LogP contribution is -2.11. The van der Waals surface area contributed by atoms with Crippen molar-refractivity contribution >= 4 is 11.4 Å². The van der Waals surface area contributed by atoms with Gasteiger partial charge in [-0.3, -0.25) is 0 Å². The predicted molar refractivity (Wildman–Crippen MR) is 77.3 cm³/mol. The van der Waals surface area contributed by atoms with E-state index in [4.69, 9.17) is 10.4 Å². The predicted octanol–water partition coefficient (Wildman–Crippen LogP) is 3.91. The van der Waals surface area contributed by atoms with Gasteiger partial charge in [0.2, 0.25) is 0 Å². The summed E-state index contributed by atoms with van der Waals surface area (Å²) in [6.45, 7) is 4.00. The van der Waals surface area contributed by atoms with Gasteiger partial charge in [0.05, 0.1) is 11.4 Å². The van der Waals surface area contributed by atoms with Crippen LogP contribution in [0.15, 0.2) is 40.6 Å². The molecular formula is C15H22N2O2. The van der Waals surface area contributed by atoms with Crippen LogP contribution in [0.1, 0.15) is 45.1 Å². The van der Waals surface area contributed by atoms with E-state index in [1.807, 2.05) is 30.3 Å². The highest BCUT2D eigenvalue weighted by atomic mass is 16.4. The van der Waals surface area contributed by atoms with Crippen LogP contribution >= 0.6 is 0 Å². The number of nitrogens with zero attached hydrogens (tertiary/aromatic N) is 2. The maximum Gasteiger partial charge on any atom is 0.0836 e. The molecule has 0 radical (unpaired) electrons. The van der Waals surface area contributed by atoms with E-state index in [2.05, 4.69) is 17.2 Å². The van der Waals surface area contributed by atoms with Gasteiger partial charge in [-0.15, -0.1) is 0 Å². The van der Waals surface area contributed by atoms with Crippen molar-refractivity contribution in [3.63, 3.8) is 0 Å². The van der Waals surface area contributed by atoms with Crippen molar-refractivity contribution in [2.45, 2.75) is 39.5 Å². The maximum absolute atomic E-state index is 8.38. The molecule has 0 aromatic heterocycles. The topological polar surface area (TPSA) is 65.2 Å². The van der Waals surface area contributed by atoms with Crippen LogP contribution < -0.4 is 0 Å². The summed E-state index contributed by atoms with van der Waals surface area (Å²) in [4.78, 5) is 0. The largest absolute Gasteiger partial charge is 0.411 e. The van der Waals surface area contributed by atoms with Crippen LogP contribution in [-0.2, 0) is 0 Å². The zero-order valence-electron chi connectivity index (χ0n) is 11.6. The van der Waals surface area contributed by atoms with Crippen LogP contribution in [0.5, 0.6) is 0 Å². The fourth-order valence-electron chi connectivity index (χ4n) is 1.93. The number of oxime groups is 2. The quantitative estimate of drug-likeness (QED) is 0.458. The Bertz CT molecular complexity index is 417. The molecule has 0 bridgehead atoms. The van der Waals surface area contributed by atoms with Gasteiger partial charge in [-0.25, -0.2) is 0 Å². The molecule has 1 aliphatic rings. The van der Waals surface area contributed by atoms with Crippen molar-refractivity contribution in [3.8, 4) is 0 Å². The lowest BCUT2D eigenvalue weighted by atomic mass is 9.90. The summed E-state index contributed by atoms with van der Waals surface area (Å²) in [5.41, 5.74) is 2.57. The SMILES string of the molecule is CC(=NO)c1ccccc1.CC1CCC(=NO)CC1. The highest BCUT2D eigenvalue weighted by Gasteiger charge is 2.12. The lowest BCUT2D eigenvalue weighted by Gasteiger charge is -2.17. The Morgan fingerprint density at radius 1 is 1.11 bits per heavy atom. The van der Waals surface area contributed by atoms with Crippen LogP contribution in [-0.4, -0.2) is 21.8 Å². The van der Waals surface area contributed by atoms with Gasteiger partial charge in [-0.05, 0) is 44.1 Å². The first-order valence-electron chi connectivity index (χ1n) is 6.61. The second-order valence-electron chi connectivity index (χ2n) is 4.90. The Morgan fingerprint density at radius 3 is 2.16 bits per heavy atom. The minimum absolute atomic E-state index is 0.639. The molecule has 2 rings (SSSR count). The van der Waals surface area contributed by atoms with Crippen molar-refractivity contribution < 1.29 is 10.4 Å². The summed E-state index contributed by atoms with van der Waals surface area (Å²) in [5, 5.41) is 23.0. The van der Waals surface area contributed by atoms with Crippen LogP contribution in [0, 0.1) is 5.92 Å². The maximum atomic E-state index is 8.38. The highest BCUT2D eigenvalue weighted by Crippen LogP contribution is 2.20. The van der Waals surface area contributed by atoms with Gasteiger partial charge < -0.3 is 10.4 Å². The van der Waals surface area contributed by atoms with E-state index in [0.717, 1.165) is 30.0 Å². The Balaban J connectivity index is 0.000000191. The fraction of sp³-hybridized carbons (Fsp3) is 0.467. The molecule has 0 heterocycles. The van der Waals surface area contributed by atoms with Crippen LogP contribution in [0.2, 0.25) is 0 Å². The van der Waals surface area contributed by atoms with Gasteiger partial charge in [-0.1, -0.05) is 47.6 Å². The summed E-state index contributed by atoms with van der Waals surface area (Å²) in [5.74, 6) is 0.829. The van der Waals surface area contributed by atoms with Crippen molar-refractivity contribution in [2.24, 2.45) is 16.2 Å². The molecule has 104 valence electrons. The second-order valence-corrected chi connectivity index (χ2v) is 4.90. The first-order chi connectivity index (χ1) is 9.17. The average Bonchev–Trinajstić information content (AvgIpc) is 2.49. The van der Waals surface area contributed by atoms with Crippen LogP contribution in [0.25, 0.3) is 0 Å². The normalized spacial score (nSPS) is 19.4. The number of benzene rings is 1. The third-order valence-corrected chi connectivity index (χ3v) is 3.33. The van der Waals surface area contributed by atoms with Crippen LogP contribution in [0.4, 0.5) is 0 Å². The first kappa shape index (κ1) is 15.2. The molecule has 0 atom stereocenters. The monoisotopic (exact) mass is 262 g/mol. The Kier molecular flexibility index (Phi) is 6.64. The molecule has 1 aromatic carbocycles. The molecule has 1 saturated carbocycles. The molecule has 19 heavy (non-hydrogen) atoms. The molecule has 0 amide bonds. The molecular weight excluding hydrogens is 240 g/mol. The third-order valence-electron chi connectivity index (χ3n) is 3.33. The van der Waals surface area contributed by atoms with E-state index in [1.165, 1.54) is 12.8 Å². The molecule has 0 aliphatic heterocycles. The molecule has 0 spiro atoms. The minimum Gasteiger partial charge on any atom is -0.411 e. The Hall–Kier alpha value is -1.84. The summed E-state index contributed by atoms with van der Waals surface area (Å²) >= 11 is 0. The summed E-state index contributed by atoms with van der Waals surface area (Å²) in [7, 11) is 0. The van der Waals surface area contributed by atoms with Gasteiger partial charge >= 0.3 is 0 Å². The Labute approximate surface area is 114 Å². The van der Waals surface area contributed by atoms with Gasteiger partial charge in [0, 0.05) is 0 Å². The highest BCUT2D eigenvalue weighted by molar-refractivity contribution is 5.98. The van der Waals surface area contributed by atoms with Gasteiger partial charge in [0.15, 0.2) is 0 Å². The van der Waals surface area contributed by atoms with Gasteiger partial charge in [0.1, 0.15) is 0 Å². The molecule has 4 nitrogen and oxygen atoms in total. The zero-order valence-corrected chi connectivity index (χ0v) is 11.6.